The molecular weight excluding hydrogens is 408 g/mol. The van der Waals surface area contributed by atoms with E-state index in [4.69, 9.17) is 20.7 Å². The predicted octanol–water partition coefficient (Wildman–Crippen LogP) is 4.65. The molecular formula is C25H52N2O5. The number of aliphatic hydroxyl groups excluding tert-OH is 1. The average Bonchev–Trinajstić information content (AvgIpc) is 2.75. The molecule has 0 aliphatic carbocycles. The number of aliphatic hydroxyl groups is 1. The van der Waals surface area contributed by atoms with Gasteiger partial charge in [0.05, 0.1) is 13.2 Å². The summed E-state index contributed by atoms with van der Waals surface area (Å²) in [5.41, 5.74) is 5.11. The number of morpholine rings is 1. The second-order valence-corrected chi connectivity index (χ2v) is 9.02. The summed E-state index contributed by atoms with van der Waals surface area (Å²) in [7, 11) is 0. The van der Waals surface area contributed by atoms with Gasteiger partial charge in [-0.1, -0.05) is 90.9 Å². The highest BCUT2D eigenvalue weighted by Gasteiger charge is 2.01. The van der Waals surface area contributed by atoms with Gasteiger partial charge in [0.25, 0.3) is 0 Å². The van der Waals surface area contributed by atoms with Crippen molar-refractivity contribution in [1.82, 2.24) is 5.32 Å². The van der Waals surface area contributed by atoms with Crippen LogP contribution in [-0.4, -0.2) is 54.5 Å². The highest BCUT2D eigenvalue weighted by atomic mass is 16.5. The first-order chi connectivity index (χ1) is 15.3. The molecule has 0 aromatic heterocycles. The fourth-order valence-corrected chi connectivity index (χ4v) is 3.14. The Bertz CT molecular complexity index is 402. The maximum Gasteiger partial charge on any atom is 0.332 e. The molecule has 7 heteroatoms. The summed E-state index contributed by atoms with van der Waals surface area (Å²) in [5, 5.41) is 18.9. The van der Waals surface area contributed by atoms with E-state index in [1.807, 2.05) is 0 Å². The quantitative estimate of drug-likeness (QED) is 0.249. The molecule has 1 aliphatic rings. The van der Waals surface area contributed by atoms with E-state index in [0.29, 0.717) is 6.42 Å². The van der Waals surface area contributed by atoms with Crippen LogP contribution in [0.3, 0.4) is 0 Å². The third-order valence-corrected chi connectivity index (χ3v) is 5.16. The number of carboxylic acid groups (broad SMARTS) is 1. The molecule has 0 radical (unpaired) electrons. The van der Waals surface area contributed by atoms with Crippen LogP contribution < -0.4 is 11.1 Å². The van der Waals surface area contributed by atoms with Crippen LogP contribution in [0.2, 0.25) is 0 Å². The maximum atomic E-state index is 10.6. The largest absolute Gasteiger partial charge is 0.479 e. The Morgan fingerprint density at radius 2 is 1.19 bits per heavy atom. The topological polar surface area (TPSA) is 122 Å². The third kappa shape index (κ3) is 33.5. The molecule has 1 aliphatic heterocycles. The first kappa shape index (κ1) is 33.0. The highest BCUT2D eigenvalue weighted by Crippen LogP contribution is 2.14. The number of primary amides is 1. The van der Waals surface area contributed by atoms with Crippen molar-refractivity contribution in [1.29, 1.82) is 0 Å². The van der Waals surface area contributed by atoms with E-state index in [-0.39, 0.29) is 5.91 Å². The van der Waals surface area contributed by atoms with Crippen LogP contribution in [0.4, 0.5) is 0 Å². The zero-order valence-corrected chi connectivity index (χ0v) is 21.1. The first-order valence-electron chi connectivity index (χ1n) is 12.7. The van der Waals surface area contributed by atoms with E-state index in [0.717, 1.165) is 38.6 Å². The minimum atomic E-state index is -1.23. The van der Waals surface area contributed by atoms with Crippen molar-refractivity contribution in [3.8, 4) is 0 Å². The zero-order valence-electron chi connectivity index (χ0n) is 21.1. The molecule has 7 nitrogen and oxygen atoms in total. The molecule has 1 amide bonds. The molecule has 1 saturated heterocycles. The van der Waals surface area contributed by atoms with Crippen molar-refractivity contribution >= 4 is 11.9 Å². The van der Waals surface area contributed by atoms with E-state index in [1.54, 1.807) is 0 Å². The zero-order chi connectivity index (χ0) is 24.5. The van der Waals surface area contributed by atoms with Crippen molar-refractivity contribution in [2.45, 2.75) is 117 Å². The van der Waals surface area contributed by atoms with Crippen molar-refractivity contribution in [2.24, 2.45) is 11.7 Å². The highest BCUT2D eigenvalue weighted by molar-refractivity contribution is 5.73. The lowest BCUT2D eigenvalue weighted by atomic mass is 10.0. The molecule has 1 heterocycles. The normalized spacial score (nSPS) is 14.0. The third-order valence-electron chi connectivity index (χ3n) is 5.16. The number of amides is 1. The Labute approximate surface area is 196 Å². The summed E-state index contributed by atoms with van der Waals surface area (Å²) in [6.45, 7) is 9.66. The summed E-state index contributed by atoms with van der Waals surface area (Å²) in [6, 6.07) is 0. The van der Waals surface area contributed by atoms with Gasteiger partial charge in [0.1, 0.15) is 6.10 Å². The SMILES string of the molecule is C1COCCN1.CC(C)CCCCCCCCCCCCCCC(N)=O.CC(O)C(=O)O. The Morgan fingerprint density at radius 3 is 1.44 bits per heavy atom. The van der Waals surface area contributed by atoms with Crippen LogP contribution in [0.25, 0.3) is 0 Å². The van der Waals surface area contributed by atoms with Gasteiger partial charge in [-0.25, -0.2) is 4.79 Å². The van der Waals surface area contributed by atoms with Gasteiger partial charge >= 0.3 is 5.97 Å². The standard InChI is InChI=1S/C18H37NO.C4H9NO.C3H6O3/c1-17(2)15-13-11-9-7-5-3-4-6-8-10-12-14-16-18(19)20;1-3-6-4-2-5-1;1-2(4)3(5)6/h17H,3-16H2,1-2H3,(H2,19,20);5H,1-4H2;2,4H,1H3,(H,5,6). The molecule has 0 aromatic carbocycles. The number of unbranched alkanes of at least 4 members (excludes halogenated alkanes) is 11. The summed E-state index contributed by atoms with van der Waals surface area (Å²) in [6.07, 6.45) is 16.8. The molecule has 1 atom stereocenters. The lowest BCUT2D eigenvalue weighted by Crippen LogP contribution is -2.30. The number of aliphatic carboxylic acids is 1. The van der Waals surface area contributed by atoms with Gasteiger partial charge in [-0.05, 0) is 19.3 Å². The molecule has 192 valence electrons. The minimum Gasteiger partial charge on any atom is -0.479 e. The fraction of sp³-hybridized carbons (Fsp3) is 0.920. The fourth-order valence-electron chi connectivity index (χ4n) is 3.14. The maximum absolute atomic E-state index is 10.6. The summed E-state index contributed by atoms with van der Waals surface area (Å²) >= 11 is 0. The molecule has 1 fully saturated rings. The van der Waals surface area contributed by atoms with Crippen LogP contribution in [0, 0.1) is 5.92 Å². The van der Waals surface area contributed by atoms with Crippen LogP contribution in [-0.2, 0) is 14.3 Å². The van der Waals surface area contributed by atoms with Gasteiger partial charge in [0, 0.05) is 19.5 Å². The molecule has 32 heavy (non-hydrogen) atoms. The number of ether oxygens (including phenoxy) is 1. The lowest BCUT2D eigenvalue weighted by Gasteiger charge is -2.10. The van der Waals surface area contributed by atoms with Crippen molar-refractivity contribution in [3.05, 3.63) is 0 Å². The molecule has 0 saturated carbocycles. The average molecular weight is 461 g/mol. The summed E-state index contributed by atoms with van der Waals surface area (Å²) in [5.74, 6) is -0.466. The van der Waals surface area contributed by atoms with E-state index in [1.165, 1.54) is 84.0 Å². The minimum absolute atomic E-state index is 0.154. The molecule has 0 bridgehead atoms. The van der Waals surface area contributed by atoms with Gasteiger partial charge in [0.2, 0.25) is 5.91 Å². The first-order valence-corrected chi connectivity index (χ1v) is 12.7. The van der Waals surface area contributed by atoms with Gasteiger partial charge < -0.3 is 26.0 Å². The number of carbonyl (C=O) groups excluding carboxylic acids is 1. The van der Waals surface area contributed by atoms with E-state index < -0.39 is 12.1 Å². The van der Waals surface area contributed by atoms with Crippen molar-refractivity contribution < 1.29 is 24.5 Å². The molecule has 0 spiro atoms. The molecule has 0 aromatic rings. The summed E-state index contributed by atoms with van der Waals surface area (Å²) in [4.78, 5) is 20.0. The smallest absolute Gasteiger partial charge is 0.332 e. The number of rotatable bonds is 16. The number of carboxylic acids is 1. The van der Waals surface area contributed by atoms with E-state index >= 15 is 0 Å². The Kier molecular flexibility index (Phi) is 26.9. The van der Waals surface area contributed by atoms with Crippen molar-refractivity contribution in [3.63, 3.8) is 0 Å². The number of nitrogens with two attached hydrogens (primary N) is 1. The van der Waals surface area contributed by atoms with Gasteiger partial charge in [-0.3, -0.25) is 4.79 Å². The predicted molar refractivity (Wildman–Crippen MR) is 132 cm³/mol. The Hall–Kier alpha value is -1.18. The number of carbonyl (C=O) groups is 2. The lowest BCUT2D eigenvalue weighted by molar-refractivity contribution is -0.145. The van der Waals surface area contributed by atoms with Crippen molar-refractivity contribution in [2.75, 3.05) is 26.3 Å². The second-order valence-electron chi connectivity index (χ2n) is 9.02. The molecule has 5 N–H and O–H groups in total. The second kappa shape index (κ2) is 26.1. The van der Waals surface area contributed by atoms with Crippen LogP contribution in [0.1, 0.15) is 111 Å². The van der Waals surface area contributed by atoms with Gasteiger partial charge in [-0.2, -0.15) is 0 Å². The van der Waals surface area contributed by atoms with Gasteiger partial charge in [0.15, 0.2) is 0 Å². The number of hydrogen-bond acceptors (Lipinski definition) is 5. The molecule has 1 rings (SSSR count). The number of hydrogen-bond donors (Lipinski definition) is 4. The van der Waals surface area contributed by atoms with Gasteiger partial charge in [-0.15, -0.1) is 0 Å². The van der Waals surface area contributed by atoms with Crippen LogP contribution in [0.5, 0.6) is 0 Å². The Morgan fingerprint density at radius 1 is 0.812 bits per heavy atom. The van der Waals surface area contributed by atoms with E-state index in [9.17, 15) is 9.59 Å². The monoisotopic (exact) mass is 460 g/mol. The summed E-state index contributed by atoms with van der Waals surface area (Å²) < 4.78 is 5.01. The van der Waals surface area contributed by atoms with Crippen LogP contribution >= 0.6 is 0 Å². The Balaban J connectivity index is 0. The van der Waals surface area contributed by atoms with Crippen LogP contribution in [0.15, 0.2) is 0 Å². The number of nitrogens with one attached hydrogen (secondary N) is 1. The van der Waals surface area contributed by atoms with E-state index in [2.05, 4.69) is 19.2 Å². The molecule has 1 unspecified atom stereocenters.